The molecule has 0 amide bonds. The first kappa shape index (κ1) is 15.7. The summed E-state index contributed by atoms with van der Waals surface area (Å²) >= 11 is 5.86. The highest BCUT2D eigenvalue weighted by molar-refractivity contribution is 6.31. The van der Waals surface area contributed by atoms with E-state index in [1.54, 1.807) is 24.3 Å². The van der Waals surface area contributed by atoms with Crippen LogP contribution >= 0.6 is 11.6 Å². The van der Waals surface area contributed by atoms with Gasteiger partial charge in [-0.2, -0.15) is 0 Å². The van der Waals surface area contributed by atoms with Gasteiger partial charge in [0.2, 0.25) is 0 Å². The van der Waals surface area contributed by atoms with E-state index >= 15 is 0 Å². The molecule has 0 aliphatic heterocycles. The Bertz CT molecular complexity index is 619. The molecule has 2 aromatic rings. The summed E-state index contributed by atoms with van der Waals surface area (Å²) in [5.74, 6) is -0.795. The normalized spacial score (nSPS) is 10.7. The molecule has 0 heterocycles. The topological polar surface area (TPSA) is 21.3 Å². The molecule has 112 valence electrons. The third-order valence-corrected chi connectivity index (χ3v) is 3.44. The lowest BCUT2D eigenvalue weighted by Crippen LogP contribution is -2.13. The van der Waals surface area contributed by atoms with Crippen molar-refractivity contribution >= 4 is 11.6 Å². The van der Waals surface area contributed by atoms with E-state index in [-0.39, 0.29) is 17.4 Å². The zero-order chi connectivity index (χ0) is 15.2. The van der Waals surface area contributed by atoms with Crippen molar-refractivity contribution in [3.05, 3.63) is 64.2 Å². The molecule has 0 aliphatic rings. The standard InChI is InChI=1S/C16H16ClF2NO/c1-2-20-9-11-5-3-8-14(19)16(11)21-10-12-6-4-7-13(18)15(12)17/h3-8,20H,2,9-10H2,1H3. The molecular formula is C16H16ClF2NO. The number of rotatable bonds is 6. The van der Waals surface area contributed by atoms with Crippen LogP contribution < -0.4 is 10.1 Å². The van der Waals surface area contributed by atoms with Gasteiger partial charge < -0.3 is 10.1 Å². The van der Waals surface area contributed by atoms with Crippen LogP contribution in [0.5, 0.6) is 5.75 Å². The molecule has 1 N–H and O–H groups in total. The Kier molecular flexibility index (Phi) is 5.53. The number of hydrogen-bond acceptors (Lipinski definition) is 2. The fraction of sp³-hybridized carbons (Fsp3) is 0.250. The van der Waals surface area contributed by atoms with Crippen LogP contribution in [0.4, 0.5) is 8.78 Å². The molecule has 0 unspecified atom stereocenters. The maximum absolute atomic E-state index is 13.9. The average Bonchev–Trinajstić information content (AvgIpc) is 2.48. The fourth-order valence-corrected chi connectivity index (χ4v) is 2.10. The van der Waals surface area contributed by atoms with Gasteiger partial charge in [0.15, 0.2) is 11.6 Å². The molecule has 0 atom stereocenters. The van der Waals surface area contributed by atoms with Crippen LogP contribution in [-0.2, 0) is 13.2 Å². The van der Waals surface area contributed by atoms with Crippen LogP contribution in [-0.4, -0.2) is 6.54 Å². The molecule has 2 rings (SSSR count). The molecule has 0 spiro atoms. The second-order valence-electron chi connectivity index (χ2n) is 4.51. The van der Waals surface area contributed by atoms with E-state index in [0.717, 1.165) is 6.54 Å². The highest BCUT2D eigenvalue weighted by Crippen LogP contribution is 2.26. The second-order valence-corrected chi connectivity index (χ2v) is 4.89. The summed E-state index contributed by atoms with van der Waals surface area (Å²) < 4.78 is 32.8. The van der Waals surface area contributed by atoms with E-state index in [2.05, 4.69) is 5.32 Å². The molecule has 21 heavy (non-hydrogen) atoms. The molecule has 0 saturated carbocycles. The molecule has 5 heteroatoms. The summed E-state index contributed by atoms with van der Waals surface area (Å²) in [5, 5.41) is 3.12. The number of hydrogen-bond donors (Lipinski definition) is 1. The van der Waals surface area contributed by atoms with E-state index in [1.807, 2.05) is 6.92 Å². The zero-order valence-corrected chi connectivity index (χ0v) is 12.4. The van der Waals surface area contributed by atoms with Gasteiger partial charge in [-0.15, -0.1) is 0 Å². The summed E-state index contributed by atoms with van der Waals surface area (Å²) in [5.41, 5.74) is 1.19. The van der Waals surface area contributed by atoms with Crippen molar-refractivity contribution in [3.63, 3.8) is 0 Å². The molecule has 0 aromatic heterocycles. The van der Waals surface area contributed by atoms with Crippen LogP contribution in [0.2, 0.25) is 5.02 Å². The van der Waals surface area contributed by atoms with Crippen molar-refractivity contribution < 1.29 is 13.5 Å². The number of halogens is 3. The van der Waals surface area contributed by atoms with Gasteiger partial charge >= 0.3 is 0 Å². The van der Waals surface area contributed by atoms with Crippen LogP contribution in [0.15, 0.2) is 36.4 Å². The van der Waals surface area contributed by atoms with Gasteiger partial charge in [0.25, 0.3) is 0 Å². The van der Waals surface area contributed by atoms with Crippen molar-refractivity contribution in [2.75, 3.05) is 6.54 Å². The molecule has 0 radical (unpaired) electrons. The van der Waals surface area contributed by atoms with E-state index in [0.29, 0.717) is 17.7 Å². The summed E-state index contributed by atoms with van der Waals surface area (Å²) in [4.78, 5) is 0. The summed E-state index contributed by atoms with van der Waals surface area (Å²) in [7, 11) is 0. The Morgan fingerprint density at radius 1 is 1.05 bits per heavy atom. The highest BCUT2D eigenvalue weighted by Gasteiger charge is 2.12. The minimum atomic E-state index is -0.515. The van der Waals surface area contributed by atoms with Gasteiger partial charge in [-0.05, 0) is 18.7 Å². The van der Waals surface area contributed by atoms with Crippen molar-refractivity contribution in [3.8, 4) is 5.75 Å². The Balaban J connectivity index is 2.17. The van der Waals surface area contributed by atoms with Gasteiger partial charge in [0, 0.05) is 17.7 Å². The second kappa shape index (κ2) is 7.38. The van der Waals surface area contributed by atoms with Gasteiger partial charge in [-0.25, -0.2) is 8.78 Å². The molecule has 0 fully saturated rings. The summed E-state index contributed by atoms with van der Waals surface area (Å²) in [6.45, 7) is 3.25. The van der Waals surface area contributed by atoms with Gasteiger partial charge in [0.1, 0.15) is 12.4 Å². The molecular weight excluding hydrogens is 296 g/mol. The average molecular weight is 312 g/mol. The van der Waals surface area contributed by atoms with E-state index < -0.39 is 11.6 Å². The molecule has 0 saturated heterocycles. The maximum Gasteiger partial charge on any atom is 0.165 e. The Labute approximate surface area is 127 Å². The number of ether oxygens (including phenoxy) is 1. The lowest BCUT2D eigenvalue weighted by Gasteiger charge is -2.13. The number of benzene rings is 2. The third-order valence-electron chi connectivity index (χ3n) is 3.02. The van der Waals surface area contributed by atoms with Crippen molar-refractivity contribution in [1.29, 1.82) is 0 Å². The van der Waals surface area contributed by atoms with E-state index in [4.69, 9.17) is 16.3 Å². The molecule has 0 aliphatic carbocycles. The van der Waals surface area contributed by atoms with Crippen LogP contribution in [0, 0.1) is 11.6 Å². The lowest BCUT2D eigenvalue weighted by molar-refractivity contribution is 0.285. The Hall–Kier alpha value is -1.65. The number of nitrogens with one attached hydrogen (secondary N) is 1. The monoisotopic (exact) mass is 311 g/mol. The highest BCUT2D eigenvalue weighted by atomic mass is 35.5. The van der Waals surface area contributed by atoms with Crippen LogP contribution in [0.25, 0.3) is 0 Å². The predicted octanol–water partition coefficient (Wildman–Crippen LogP) is 4.31. The summed E-state index contributed by atoms with van der Waals surface area (Å²) in [6.07, 6.45) is 0. The first-order valence-corrected chi connectivity index (χ1v) is 7.05. The van der Waals surface area contributed by atoms with Gasteiger partial charge in [-0.1, -0.05) is 42.8 Å². The minimum Gasteiger partial charge on any atom is -0.485 e. The first-order valence-electron chi connectivity index (χ1n) is 6.67. The number of para-hydroxylation sites is 1. The molecule has 0 bridgehead atoms. The van der Waals surface area contributed by atoms with Crippen molar-refractivity contribution in [2.45, 2.75) is 20.1 Å². The predicted molar refractivity (Wildman–Crippen MR) is 79.5 cm³/mol. The summed E-state index contributed by atoms with van der Waals surface area (Å²) in [6, 6.07) is 9.21. The molecule has 2 nitrogen and oxygen atoms in total. The molecule has 2 aromatic carbocycles. The first-order chi connectivity index (χ1) is 10.1. The van der Waals surface area contributed by atoms with Gasteiger partial charge in [-0.3, -0.25) is 0 Å². The Morgan fingerprint density at radius 3 is 2.43 bits per heavy atom. The van der Waals surface area contributed by atoms with Crippen molar-refractivity contribution in [2.24, 2.45) is 0 Å². The quantitative estimate of drug-likeness (QED) is 0.858. The zero-order valence-electron chi connectivity index (χ0n) is 11.6. The lowest BCUT2D eigenvalue weighted by atomic mass is 10.2. The minimum absolute atomic E-state index is 0.00192. The van der Waals surface area contributed by atoms with Crippen molar-refractivity contribution in [1.82, 2.24) is 5.32 Å². The van der Waals surface area contributed by atoms with Crippen LogP contribution in [0.3, 0.4) is 0 Å². The van der Waals surface area contributed by atoms with E-state index in [1.165, 1.54) is 12.1 Å². The SMILES string of the molecule is CCNCc1cccc(F)c1OCc1cccc(F)c1Cl. The van der Waals surface area contributed by atoms with E-state index in [9.17, 15) is 8.78 Å². The Morgan fingerprint density at radius 2 is 1.71 bits per heavy atom. The maximum atomic E-state index is 13.9. The third kappa shape index (κ3) is 3.93. The smallest absolute Gasteiger partial charge is 0.165 e. The van der Waals surface area contributed by atoms with Crippen LogP contribution in [0.1, 0.15) is 18.1 Å². The van der Waals surface area contributed by atoms with Gasteiger partial charge in [0.05, 0.1) is 5.02 Å². The fourth-order valence-electron chi connectivity index (χ4n) is 1.92. The largest absolute Gasteiger partial charge is 0.485 e.